The summed E-state index contributed by atoms with van der Waals surface area (Å²) in [5.41, 5.74) is 0. The Labute approximate surface area is 86.9 Å². The van der Waals surface area contributed by atoms with E-state index in [-0.39, 0.29) is 0 Å². The topological polar surface area (TPSA) is 39.4 Å². The molecule has 1 heterocycles. The van der Waals surface area contributed by atoms with Crippen molar-refractivity contribution in [3.05, 3.63) is 18.1 Å². The summed E-state index contributed by atoms with van der Waals surface area (Å²) in [5, 5.41) is 0. The van der Waals surface area contributed by atoms with Gasteiger partial charge >= 0.3 is 0 Å². The molecule has 0 aliphatic heterocycles. The average Bonchev–Trinajstić information content (AvgIpc) is 2.59. The van der Waals surface area contributed by atoms with Crippen molar-refractivity contribution in [2.24, 2.45) is 0 Å². The molecule has 1 atom stereocenters. The molecule has 80 valence electrons. The van der Waals surface area contributed by atoms with Crippen LogP contribution in [0.15, 0.2) is 21.6 Å². The van der Waals surface area contributed by atoms with Crippen molar-refractivity contribution < 1.29 is 13.4 Å². The number of ether oxygens (including phenoxy) is 1. The molecule has 0 bridgehead atoms. The van der Waals surface area contributed by atoms with E-state index in [1.807, 2.05) is 6.92 Å². The molecule has 1 rings (SSSR count). The smallest absolute Gasteiger partial charge is 0.116 e. The Morgan fingerprint density at radius 1 is 1.50 bits per heavy atom. The SMILES string of the molecule is COCCCC[S@](=O)c1ccoc1C. The Morgan fingerprint density at radius 3 is 2.86 bits per heavy atom. The van der Waals surface area contributed by atoms with Crippen LogP contribution in [0.25, 0.3) is 0 Å². The van der Waals surface area contributed by atoms with Crippen LogP contribution in [0, 0.1) is 6.92 Å². The van der Waals surface area contributed by atoms with Crippen LogP contribution in [0.2, 0.25) is 0 Å². The van der Waals surface area contributed by atoms with Gasteiger partial charge in [0.15, 0.2) is 0 Å². The van der Waals surface area contributed by atoms with Crippen LogP contribution >= 0.6 is 0 Å². The molecule has 1 aromatic heterocycles. The summed E-state index contributed by atoms with van der Waals surface area (Å²) >= 11 is 0. The summed E-state index contributed by atoms with van der Waals surface area (Å²) < 4.78 is 21.7. The van der Waals surface area contributed by atoms with Crippen LogP contribution in [-0.4, -0.2) is 23.7 Å². The molecule has 14 heavy (non-hydrogen) atoms. The quantitative estimate of drug-likeness (QED) is 0.684. The molecule has 0 N–H and O–H groups in total. The van der Waals surface area contributed by atoms with Gasteiger partial charge in [-0.05, 0) is 25.8 Å². The zero-order chi connectivity index (χ0) is 10.4. The van der Waals surface area contributed by atoms with Crippen molar-refractivity contribution in [2.45, 2.75) is 24.7 Å². The minimum absolute atomic E-state index is 0.684. The Kier molecular flexibility index (Phi) is 4.90. The van der Waals surface area contributed by atoms with E-state index in [2.05, 4.69) is 0 Å². The van der Waals surface area contributed by atoms with Crippen molar-refractivity contribution in [1.82, 2.24) is 0 Å². The van der Waals surface area contributed by atoms with E-state index in [0.717, 1.165) is 30.1 Å². The lowest BCUT2D eigenvalue weighted by Gasteiger charge is -2.00. The predicted octanol–water partition coefficient (Wildman–Crippen LogP) is 2.12. The molecule has 3 nitrogen and oxygen atoms in total. The van der Waals surface area contributed by atoms with Gasteiger partial charge in [-0.25, -0.2) is 0 Å². The first kappa shape index (κ1) is 11.5. The molecule has 0 aliphatic rings. The standard InChI is InChI=1S/C10H16O3S/c1-9-10(5-7-13-9)14(11)8-4-3-6-12-2/h5,7H,3-4,6,8H2,1-2H3/t14-/m0/s1. The second-order valence-electron chi connectivity index (χ2n) is 3.09. The Morgan fingerprint density at radius 2 is 2.29 bits per heavy atom. The van der Waals surface area contributed by atoms with E-state index < -0.39 is 10.8 Å². The third kappa shape index (κ3) is 3.27. The van der Waals surface area contributed by atoms with Gasteiger partial charge in [0, 0.05) is 19.5 Å². The highest BCUT2D eigenvalue weighted by Gasteiger charge is 2.08. The zero-order valence-corrected chi connectivity index (χ0v) is 9.43. The average molecular weight is 216 g/mol. The van der Waals surface area contributed by atoms with Gasteiger partial charge in [0.05, 0.1) is 22.0 Å². The van der Waals surface area contributed by atoms with Crippen molar-refractivity contribution in [3.63, 3.8) is 0 Å². The molecule has 0 aliphatic carbocycles. The van der Waals surface area contributed by atoms with E-state index in [1.54, 1.807) is 19.4 Å². The van der Waals surface area contributed by atoms with Gasteiger partial charge in [0.2, 0.25) is 0 Å². The van der Waals surface area contributed by atoms with Crippen LogP contribution in [0.4, 0.5) is 0 Å². The maximum atomic E-state index is 11.7. The highest BCUT2D eigenvalue weighted by molar-refractivity contribution is 7.85. The van der Waals surface area contributed by atoms with Gasteiger partial charge < -0.3 is 9.15 Å². The number of rotatable bonds is 6. The van der Waals surface area contributed by atoms with Crippen LogP contribution in [0.5, 0.6) is 0 Å². The fourth-order valence-electron chi connectivity index (χ4n) is 1.20. The Hall–Kier alpha value is -0.610. The fourth-order valence-corrected chi connectivity index (χ4v) is 2.46. The second kappa shape index (κ2) is 5.98. The van der Waals surface area contributed by atoms with Crippen molar-refractivity contribution in [3.8, 4) is 0 Å². The van der Waals surface area contributed by atoms with Gasteiger partial charge in [0.1, 0.15) is 5.76 Å². The summed E-state index contributed by atoms with van der Waals surface area (Å²) in [6.45, 7) is 2.57. The van der Waals surface area contributed by atoms with Gasteiger partial charge in [-0.2, -0.15) is 0 Å². The fraction of sp³-hybridized carbons (Fsp3) is 0.600. The van der Waals surface area contributed by atoms with E-state index >= 15 is 0 Å². The number of aryl methyl sites for hydroxylation is 1. The first-order chi connectivity index (χ1) is 6.75. The maximum absolute atomic E-state index is 11.7. The number of methoxy groups -OCH3 is 1. The molecule has 0 unspecified atom stereocenters. The summed E-state index contributed by atoms with van der Waals surface area (Å²) in [6.07, 6.45) is 3.46. The molecule has 0 aromatic carbocycles. The molecule has 0 fully saturated rings. The predicted molar refractivity (Wildman–Crippen MR) is 55.8 cm³/mol. The highest BCUT2D eigenvalue weighted by Crippen LogP contribution is 2.14. The summed E-state index contributed by atoms with van der Waals surface area (Å²) in [4.78, 5) is 0.822. The number of furan rings is 1. The summed E-state index contributed by atoms with van der Waals surface area (Å²) in [5.74, 6) is 1.44. The second-order valence-corrected chi connectivity index (χ2v) is 4.63. The van der Waals surface area contributed by atoms with Gasteiger partial charge in [-0.3, -0.25) is 4.21 Å². The largest absolute Gasteiger partial charge is 0.468 e. The lowest BCUT2D eigenvalue weighted by Crippen LogP contribution is -2.00. The molecule has 0 saturated carbocycles. The van der Waals surface area contributed by atoms with Gasteiger partial charge in [0.25, 0.3) is 0 Å². The number of hydrogen-bond acceptors (Lipinski definition) is 3. The third-order valence-corrected chi connectivity index (χ3v) is 3.56. The third-order valence-electron chi connectivity index (χ3n) is 1.98. The first-order valence-electron chi connectivity index (χ1n) is 4.67. The van der Waals surface area contributed by atoms with E-state index in [1.165, 1.54) is 0 Å². The lowest BCUT2D eigenvalue weighted by molar-refractivity contribution is 0.194. The molecular formula is C10H16O3S. The monoisotopic (exact) mass is 216 g/mol. The van der Waals surface area contributed by atoms with Gasteiger partial charge in [-0.15, -0.1) is 0 Å². The van der Waals surface area contributed by atoms with Gasteiger partial charge in [-0.1, -0.05) is 0 Å². The number of hydrogen-bond donors (Lipinski definition) is 0. The number of unbranched alkanes of at least 4 members (excludes halogenated alkanes) is 1. The molecule has 0 radical (unpaired) electrons. The first-order valence-corrected chi connectivity index (χ1v) is 5.99. The van der Waals surface area contributed by atoms with Crippen molar-refractivity contribution in [2.75, 3.05) is 19.5 Å². The minimum Gasteiger partial charge on any atom is -0.468 e. The molecule has 1 aromatic rings. The minimum atomic E-state index is -0.917. The molecular weight excluding hydrogens is 200 g/mol. The Balaban J connectivity index is 2.32. The molecule has 0 amide bonds. The molecule has 0 spiro atoms. The zero-order valence-electron chi connectivity index (χ0n) is 8.62. The van der Waals surface area contributed by atoms with Crippen molar-refractivity contribution in [1.29, 1.82) is 0 Å². The van der Waals surface area contributed by atoms with E-state index in [9.17, 15) is 4.21 Å². The van der Waals surface area contributed by atoms with Crippen LogP contribution in [0.1, 0.15) is 18.6 Å². The summed E-state index contributed by atoms with van der Waals surface area (Å²) in [7, 11) is 0.761. The van der Waals surface area contributed by atoms with E-state index in [0.29, 0.717) is 5.75 Å². The highest BCUT2D eigenvalue weighted by atomic mass is 32.2. The van der Waals surface area contributed by atoms with Crippen LogP contribution in [-0.2, 0) is 15.5 Å². The molecule has 4 heteroatoms. The van der Waals surface area contributed by atoms with Crippen LogP contribution < -0.4 is 0 Å². The molecule has 0 saturated heterocycles. The lowest BCUT2D eigenvalue weighted by atomic mass is 10.4. The van der Waals surface area contributed by atoms with E-state index in [4.69, 9.17) is 9.15 Å². The normalized spacial score (nSPS) is 13.0. The Bertz CT molecular complexity index is 293. The summed E-state index contributed by atoms with van der Waals surface area (Å²) in [6, 6.07) is 1.78. The van der Waals surface area contributed by atoms with Crippen molar-refractivity contribution >= 4 is 10.8 Å². The van der Waals surface area contributed by atoms with Crippen LogP contribution in [0.3, 0.4) is 0 Å². The maximum Gasteiger partial charge on any atom is 0.116 e.